The van der Waals surface area contributed by atoms with Gasteiger partial charge in [0.2, 0.25) is 5.91 Å². The van der Waals surface area contributed by atoms with Gasteiger partial charge < -0.3 is 9.47 Å². The molecule has 3 aromatic rings. The molecule has 1 heterocycles. The Morgan fingerprint density at radius 3 is 2.32 bits per heavy atom. The number of amides is 1. The van der Waals surface area contributed by atoms with Crippen LogP contribution in [0.2, 0.25) is 10.0 Å². The van der Waals surface area contributed by atoms with Gasteiger partial charge in [-0.05, 0) is 45.4 Å². The van der Waals surface area contributed by atoms with Gasteiger partial charge in [-0.15, -0.1) is 0 Å². The number of halogens is 2. The van der Waals surface area contributed by atoms with Crippen molar-refractivity contribution in [2.24, 2.45) is 0 Å². The third-order valence-corrected chi connectivity index (χ3v) is 5.88. The van der Waals surface area contributed by atoms with E-state index < -0.39 is 6.04 Å². The number of benzene rings is 2. The van der Waals surface area contributed by atoms with Gasteiger partial charge in [-0.3, -0.25) is 4.79 Å². The predicted octanol–water partition coefficient (Wildman–Crippen LogP) is 5.67. The number of carbonyl (C=O) groups excluding carboxylic acids is 1. The lowest BCUT2D eigenvalue weighted by molar-refractivity contribution is -0.134. The van der Waals surface area contributed by atoms with E-state index in [1.54, 1.807) is 17.0 Å². The number of imidazole rings is 1. The number of fused-ring (bicyclic) bond motifs is 1. The Hall–Kier alpha value is -2.04. The number of hydrogen-bond acceptors (Lipinski definition) is 2. The van der Waals surface area contributed by atoms with Gasteiger partial charge in [-0.1, -0.05) is 53.0 Å². The van der Waals surface area contributed by atoms with Crippen molar-refractivity contribution in [3.05, 3.63) is 63.4 Å². The first kappa shape index (κ1) is 20.7. The molecule has 0 unspecified atom stereocenters. The third-order valence-electron chi connectivity index (χ3n) is 5.15. The van der Waals surface area contributed by atoms with E-state index in [0.29, 0.717) is 16.5 Å². The molecule has 0 aliphatic heterocycles. The summed E-state index contributed by atoms with van der Waals surface area (Å²) < 4.78 is 1.98. The molecular weight excluding hydrogens is 393 g/mol. The van der Waals surface area contributed by atoms with E-state index in [9.17, 15) is 4.79 Å². The number of likely N-dealkylation sites (N-methyl/N-ethyl adjacent to an activating group) is 1. The van der Waals surface area contributed by atoms with Gasteiger partial charge in [-0.2, -0.15) is 0 Å². The van der Waals surface area contributed by atoms with Crippen LogP contribution in [0.25, 0.3) is 11.0 Å². The highest BCUT2D eigenvalue weighted by molar-refractivity contribution is 6.42. The molecule has 0 spiro atoms. The van der Waals surface area contributed by atoms with Crippen LogP contribution in [0.3, 0.4) is 0 Å². The van der Waals surface area contributed by atoms with Gasteiger partial charge in [0.1, 0.15) is 11.9 Å². The normalized spacial score (nSPS) is 12.6. The summed E-state index contributed by atoms with van der Waals surface area (Å²) in [7, 11) is 1.83. The van der Waals surface area contributed by atoms with Gasteiger partial charge in [0, 0.05) is 19.5 Å². The Kier molecular flexibility index (Phi) is 6.01. The Bertz CT molecular complexity index is 1010. The van der Waals surface area contributed by atoms with Gasteiger partial charge >= 0.3 is 0 Å². The van der Waals surface area contributed by atoms with Gasteiger partial charge in [0.25, 0.3) is 0 Å². The maximum atomic E-state index is 13.0. The van der Waals surface area contributed by atoms with Gasteiger partial charge in [0.15, 0.2) is 0 Å². The minimum atomic E-state index is -0.407. The van der Waals surface area contributed by atoms with Gasteiger partial charge in [0.05, 0.1) is 21.1 Å². The largest absolute Gasteiger partial charge is 0.342 e. The SMILES string of the molecule is Cc1ccc(Cc2nc3cc(Cl)c(Cl)cc3n2[C@@H](C)C(=O)N(C)C(C)C)cc1. The fraction of sp³-hybridized carbons (Fsp3) is 0.364. The number of rotatable bonds is 5. The first-order valence-corrected chi connectivity index (χ1v) is 10.1. The molecule has 28 heavy (non-hydrogen) atoms. The van der Waals surface area contributed by atoms with Crippen LogP contribution < -0.4 is 0 Å². The van der Waals surface area contributed by atoms with Crippen molar-refractivity contribution in [2.75, 3.05) is 7.05 Å². The van der Waals surface area contributed by atoms with Crippen molar-refractivity contribution < 1.29 is 4.79 Å². The number of aromatic nitrogens is 2. The monoisotopic (exact) mass is 417 g/mol. The molecule has 6 heteroatoms. The Morgan fingerprint density at radius 2 is 1.71 bits per heavy atom. The first-order valence-electron chi connectivity index (χ1n) is 9.37. The average molecular weight is 418 g/mol. The van der Waals surface area contributed by atoms with Crippen LogP contribution in [0, 0.1) is 6.92 Å². The summed E-state index contributed by atoms with van der Waals surface area (Å²) in [4.78, 5) is 19.6. The molecule has 1 atom stereocenters. The minimum absolute atomic E-state index is 0.0329. The number of nitrogens with zero attached hydrogens (tertiary/aromatic N) is 3. The van der Waals surface area contributed by atoms with Crippen molar-refractivity contribution in [1.82, 2.24) is 14.5 Å². The highest BCUT2D eigenvalue weighted by Crippen LogP contribution is 2.31. The fourth-order valence-electron chi connectivity index (χ4n) is 3.25. The van der Waals surface area contributed by atoms with E-state index in [1.165, 1.54) is 5.56 Å². The van der Waals surface area contributed by atoms with Crippen molar-refractivity contribution in [3.63, 3.8) is 0 Å². The molecule has 0 aliphatic carbocycles. The zero-order chi connectivity index (χ0) is 20.6. The Morgan fingerprint density at radius 1 is 1.11 bits per heavy atom. The Balaban J connectivity index is 2.12. The van der Waals surface area contributed by atoms with E-state index in [-0.39, 0.29) is 11.9 Å². The van der Waals surface area contributed by atoms with E-state index >= 15 is 0 Å². The first-order chi connectivity index (χ1) is 13.2. The highest BCUT2D eigenvalue weighted by atomic mass is 35.5. The molecule has 1 amide bonds. The number of aryl methyl sites for hydroxylation is 1. The lowest BCUT2D eigenvalue weighted by Crippen LogP contribution is -2.38. The second-order valence-corrected chi connectivity index (χ2v) is 8.35. The van der Waals surface area contributed by atoms with E-state index in [4.69, 9.17) is 28.2 Å². The molecule has 4 nitrogen and oxygen atoms in total. The molecule has 0 bridgehead atoms. The van der Waals surface area contributed by atoms with Crippen molar-refractivity contribution in [1.29, 1.82) is 0 Å². The van der Waals surface area contributed by atoms with Crippen LogP contribution >= 0.6 is 23.2 Å². The summed E-state index contributed by atoms with van der Waals surface area (Å²) >= 11 is 12.5. The second kappa shape index (κ2) is 8.14. The zero-order valence-electron chi connectivity index (χ0n) is 16.8. The molecule has 3 rings (SSSR count). The molecule has 0 aliphatic rings. The lowest BCUT2D eigenvalue weighted by Gasteiger charge is -2.27. The summed E-state index contributed by atoms with van der Waals surface area (Å²) in [6.45, 7) is 7.97. The molecule has 0 saturated heterocycles. The topological polar surface area (TPSA) is 38.1 Å². The maximum absolute atomic E-state index is 13.0. The molecule has 1 aromatic heterocycles. The smallest absolute Gasteiger partial charge is 0.245 e. The second-order valence-electron chi connectivity index (χ2n) is 7.53. The van der Waals surface area contributed by atoms with Crippen LogP contribution in [0.4, 0.5) is 0 Å². The third kappa shape index (κ3) is 4.03. The summed E-state index contributed by atoms with van der Waals surface area (Å²) in [5.74, 6) is 0.848. The predicted molar refractivity (Wildman–Crippen MR) is 116 cm³/mol. The van der Waals surface area contributed by atoms with Crippen molar-refractivity contribution >= 4 is 40.1 Å². The summed E-state index contributed by atoms with van der Waals surface area (Å²) in [6, 6.07) is 11.6. The average Bonchev–Trinajstić information content (AvgIpc) is 2.98. The molecule has 0 saturated carbocycles. The molecule has 0 N–H and O–H groups in total. The molecule has 0 fully saturated rings. The summed E-state index contributed by atoms with van der Waals surface area (Å²) in [6.07, 6.45) is 0.618. The van der Waals surface area contributed by atoms with Crippen LogP contribution in [-0.2, 0) is 11.2 Å². The number of hydrogen-bond donors (Lipinski definition) is 0. The van der Waals surface area contributed by atoms with Crippen molar-refractivity contribution in [3.8, 4) is 0 Å². The molecular formula is C22H25Cl2N3O. The maximum Gasteiger partial charge on any atom is 0.245 e. The molecule has 148 valence electrons. The summed E-state index contributed by atoms with van der Waals surface area (Å²) in [5, 5.41) is 0.910. The minimum Gasteiger partial charge on any atom is -0.342 e. The summed E-state index contributed by atoms with van der Waals surface area (Å²) in [5.41, 5.74) is 3.90. The van der Waals surface area contributed by atoms with Gasteiger partial charge in [-0.25, -0.2) is 4.98 Å². The van der Waals surface area contributed by atoms with Crippen LogP contribution in [0.5, 0.6) is 0 Å². The van der Waals surface area contributed by atoms with Crippen molar-refractivity contribution in [2.45, 2.75) is 46.2 Å². The zero-order valence-corrected chi connectivity index (χ0v) is 18.3. The van der Waals surface area contributed by atoms with E-state index in [0.717, 1.165) is 22.4 Å². The van der Waals surface area contributed by atoms with Crippen LogP contribution in [-0.4, -0.2) is 33.4 Å². The lowest BCUT2D eigenvalue weighted by atomic mass is 10.1. The van der Waals surface area contributed by atoms with Crippen LogP contribution in [0.15, 0.2) is 36.4 Å². The highest BCUT2D eigenvalue weighted by Gasteiger charge is 2.26. The standard InChI is InChI=1S/C22H25Cl2N3O/c1-13(2)26(5)22(28)15(4)27-20-12-18(24)17(23)11-19(20)25-21(27)10-16-8-6-14(3)7-9-16/h6-9,11-13,15H,10H2,1-5H3/t15-/m0/s1. The fourth-order valence-corrected chi connectivity index (χ4v) is 3.56. The quantitative estimate of drug-likeness (QED) is 0.536. The van der Waals surface area contributed by atoms with E-state index in [2.05, 4.69) is 31.2 Å². The Labute approximate surface area is 176 Å². The molecule has 0 radical (unpaired) electrons. The number of carbonyl (C=O) groups is 1. The van der Waals surface area contributed by atoms with E-state index in [1.807, 2.05) is 32.4 Å². The molecule has 2 aromatic carbocycles. The van der Waals surface area contributed by atoms with Crippen LogP contribution in [0.1, 0.15) is 43.8 Å².